The Labute approximate surface area is 100 Å². The van der Waals surface area contributed by atoms with Gasteiger partial charge in [0.25, 0.3) is 0 Å². The molecule has 0 bridgehead atoms. The van der Waals surface area contributed by atoms with Gasteiger partial charge in [-0.3, -0.25) is 0 Å². The van der Waals surface area contributed by atoms with Crippen LogP contribution in [0.3, 0.4) is 0 Å². The Balaban J connectivity index is 2.21. The minimum Gasteiger partial charge on any atom is -0.508 e. The summed E-state index contributed by atoms with van der Waals surface area (Å²) in [4.78, 5) is 0. The van der Waals surface area contributed by atoms with E-state index in [2.05, 4.69) is 11.8 Å². The molecule has 0 aromatic heterocycles. The zero-order valence-electron chi connectivity index (χ0n) is 9.17. The molecule has 0 aliphatic heterocycles. The van der Waals surface area contributed by atoms with E-state index < -0.39 is 6.10 Å². The van der Waals surface area contributed by atoms with Crippen molar-refractivity contribution in [3.63, 3.8) is 0 Å². The van der Waals surface area contributed by atoms with Gasteiger partial charge in [0.15, 0.2) is 0 Å². The zero-order valence-corrected chi connectivity index (χ0v) is 9.17. The SMILES string of the molecule is Oc1ccccc1C(O)C#Cc1ccccc1. The van der Waals surface area contributed by atoms with Crippen LogP contribution in [0.15, 0.2) is 54.6 Å². The topological polar surface area (TPSA) is 40.5 Å². The van der Waals surface area contributed by atoms with E-state index in [0.717, 1.165) is 5.56 Å². The lowest BCUT2D eigenvalue weighted by atomic mass is 10.1. The fraction of sp³-hybridized carbons (Fsp3) is 0.0667. The van der Waals surface area contributed by atoms with Crippen LogP contribution >= 0.6 is 0 Å². The maximum Gasteiger partial charge on any atom is 0.144 e. The maximum atomic E-state index is 9.83. The fourth-order valence-electron chi connectivity index (χ4n) is 1.47. The van der Waals surface area contributed by atoms with Crippen molar-refractivity contribution in [1.29, 1.82) is 0 Å². The van der Waals surface area contributed by atoms with Gasteiger partial charge in [0.05, 0.1) is 0 Å². The summed E-state index contributed by atoms with van der Waals surface area (Å²) in [7, 11) is 0. The maximum absolute atomic E-state index is 9.83. The minimum atomic E-state index is -0.976. The molecule has 0 saturated heterocycles. The number of aliphatic hydroxyl groups excluding tert-OH is 1. The highest BCUT2D eigenvalue weighted by molar-refractivity contribution is 5.40. The molecule has 0 fully saturated rings. The minimum absolute atomic E-state index is 0.0577. The number of phenolic OH excluding ortho intramolecular Hbond substituents is 1. The highest BCUT2D eigenvalue weighted by Gasteiger charge is 2.07. The molecule has 17 heavy (non-hydrogen) atoms. The molecule has 0 radical (unpaired) electrons. The van der Waals surface area contributed by atoms with Crippen LogP contribution in [0, 0.1) is 11.8 Å². The lowest BCUT2D eigenvalue weighted by molar-refractivity contribution is 0.233. The second-order valence-electron chi connectivity index (χ2n) is 3.60. The van der Waals surface area contributed by atoms with Gasteiger partial charge in [-0.05, 0) is 18.2 Å². The van der Waals surface area contributed by atoms with E-state index in [1.807, 2.05) is 30.3 Å². The number of benzene rings is 2. The van der Waals surface area contributed by atoms with Gasteiger partial charge in [-0.1, -0.05) is 48.2 Å². The van der Waals surface area contributed by atoms with Crippen molar-refractivity contribution in [3.05, 3.63) is 65.7 Å². The number of hydrogen-bond acceptors (Lipinski definition) is 2. The molecular weight excluding hydrogens is 212 g/mol. The summed E-state index contributed by atoms with van der Waals surface area (Å²) in [6.45, 7) is 0. The van der Waals surface area contributed by atoms with E-state index in [1.165, 1.54) is 6.07 Å². The number of phenols is 1. The Bertz CT molecular complexity index is 550. The molecule has 2 N–H and O–H groups in total. The van der Waals surface area contributed by atoms with E-state index in [9.17, 15) is 10.2 Å². The van der Waals surface area contributed by atoms with Crippen LogP contribution in [0.4, 0.5) is 0 Å². The first kappa shape index (κ1) is 11.3. The van der Waals surface area contributed by atoms with Gasteiger partial charge in [0, 0.05) is 11.1 Å². The molecular formula is C15H12O2. The summed E-state index contributed by atoms with van der Waals surface area (Å²) in [5.74, 6) is 5.62. The summed E-state index contributed by atoms with van der Waals surface area (Å²) in [6, 6.07) is 16.0. The highest BCUT2D eigenvalue weighted by Crippen LogP contribution is 2.22. The van der Waals surface area contributed by atoms with Crippen LogP contribution < -0.4 is 0 Å². The lowest BCUT2D eigenvalue weighted by Gasteiger charge is -2.05. The van der Waals surface area contributed by atoms with Crippen LogP contribution in [0.25, 0.3) is 0 Å². The zero-order chi connectivity index (χ0) is 12.1. The second kappa shape index (κ2) is 5.20. The van der Waals surface area contributed by atoms with Gasteiger partial charge < -0.3 is 10.2 Å². The van der Waals surface area contributed by atoms with Gasteiger partial charge >= 0.3 is 0 Å². The third-order valence-corrected chi connectivity index (χ3v) is 2.36. The molecule has 2 heteroatoms. The molecule has 0 amide bonds. The lowest BCUT2D eigenvalue weighted by Crippen LogP contribution is -1.93. The molecule has 2 rings (SSSR count). The van der Waals surface area contributed by atoms with Gasteiger partial charge in [0.1, 0.15) is 11.9 Å². The number of para-hydroxylation sites is 1. The van der Waals surface area contributed by atoms with Crippen molar-refractivity contribution >= 4 is 0 Å². The Hall–Kier alpha value is -2.24. The van der Waals surface area contributed by atoms with Crippen molar-refractivity contribution in [3.8, 4) is 17.6 Å². The smallest absolute Gasteiger partial charge is 0.144 e. The van der Waals surface area contributed by atoms with Crippen LogP contribution in [-0.4, -0.2) is 10.2 Å². The summed E-state index contributed by atoms with van der Waals surface area (Å²) in [5, 5.41) is 19.4. The van der Waals surface area contributed by atoms with Gasteiger partial charge in [-0.2, -0.15) is 0 Å². The molecule has 2 aromatic carbocycles. The Morgan fingerprint density at radius 1 is 0.882 bits per heavy atom. The largest absolute Gasteiger partial charge is 0.508 e. The third kappa shape index (κ3) is 2.87. The molecule has 1 atom stereocenters. The van der Waals surface area contributed by atoms with Crippen molar-refractivity contribution in [2.45, 2.75) is 6.10 Å². The molecule has 2 nitrogen and oxygen atoms in total. The van der Waals surface area contributed by atoms with E-state index in [4.69, 9.17) is 0 Å². The monoisotopic (exact) mass is 224 g/mol. The normalized spacial score (nSPS) is 11.4. The number of hydrogen-bond donors (Lipinski definition) is 2. The molecule has 84 valence electrons. The first-order valence-corrected chi connectivity index (χ1v) is 5.30. The van der Waals surface area contributed by atoms with E-state index in [-0.39, 0.29) is 5.75 Å². The first-order valence-electron chi connectivity index (χ1n) is 5.30. The quantitative estimate of drug-likeness (QED) is 0.730. The summed E-state index contributed by atoms with van der Waals surface area (Å²) in [5.41, 5.74) is 1.26. The summed E-state index contributed by atoms with van der Waals surface area (Å²) >= 11 is 0. The van der Waals surface area contributed by atoms with Gasteiger partial charge in [-0.25, -0.2) is 0 Å². The first-order chi connectivity index (χ1) is 8.27. The molecule has 2 aromatic rings. The Morgan fingerprint density at radius 3 is 2.24 bits per heavy atom. The van der Waals surface area contributed by atoms with Crippen molar-refractivity contribution in [2.24, 2.45) is 0 Å². The predicted octanol–water partition coefficient (Wildman–Crippen LogP) is 2.48. The van der Waals surface area contributed by atoms with Crippen LogP contribution in [0.1, 0.15) is 17.2 Å². The molecule has 0 spiro atoms. The molecule has 0 aliphatic rings. The molecule has 0 saturated carbocycles. The van der Waals surface area contributed by atoms with E-state index in [0.29, 0.717) is 5.56 Å². The van der Waals surface area contributed by atoms with Crippen molar-refractivity contribution in [2.75, 3.05) is 0 Å². The van der Waals surface area contributed by atoms with Crippen molar-refractivity contribution in [1.82, 2.24) is 0 Å². The molecule has 1 unspecified atom stereocenters. The van der Waals surface area contributed by atoms with Crippen LogP contribution in [0.5, 0.6) is 5.75 Å². The average molecular weight is 224 g/mol. The molecule has 0 aliphatic carbocycles. The van der Waals surface area contributed by atoms with Gasteiger partial charge in [0.2, 0.25) is 0 Å². The number of aromatic hydroxyl groups is 1. The highest BCUT2D eigenvalue weighted by atomic mass is 16.3. The standard InChI is InChI=1S/C15H12O2/c16-14-9-5-4-8-13(14)15(17)11-10-12-6-2-1-3-7-12/h1-9,15-17H. The predicted molar refractivity (Wildman–Crippen MR) is 66.4 cm³/mol. The third-order valence-electron chi connectivity index (χ3n) is 2.36. The second-order valence-corrected chi connectivity index (χ2v) is 3.60. The van der Waals surface area contributed by atoms with Crippen LogP contribution in [0.2, 0.25) is 0 Å². The fourth-order valence-corrected chi connectivity index (χ4v) is 1.47. The van der Waals surface area contributed by atoms with E-state index >= 15 is 0 Å². The average Bonchev–Trinajstić information content (AvgIpc) is 2.38. The summed E-state index contributed by atoms with van der Waals surface area (Å²) in [6.07, 6.45) is -0.976. The Morgan fingerprint density at radius 2 is 1.53 bits per heavy atom. The van der Waals surface area contributed by atoms with E-state index in [1.54, 1.807) is 18.2 Å². The number of rotatable bonds is 1. The number of aliphatic hydroxyl groups is 1. The van der Waals surface area contributed by atoms with Crippen LogP contribution in [-0.2, 0) is 0 Å². The molecule has 0 heterocycles. The van der Waals surface area contributed by atoms with Gasteiger partial charge in [-0.15, -0.1) is 0 Å². The Kier molecular flexibility index (Phi) is 3.44. The summed E-state index contributed by atoms with van der Waals surface area (Å²) < 4.78 is 0. The van der Waals surface area contributed by atoms with Crippen molar-refractivity contribution < 1.29 is 10.2 Å².